The lowest BCUT2D eigenvalue weighted by molar-refractivity contribution is -0.142. The third-order valence-corrected chi connectivity index (χ3v) is 4.02. The summed E-state index contributed by atoms with van der Waals surface area (Å²) in [4.78, 5) is 10.8. The predicted molar refractivity (Wildman–Crippen MR) is 51.5 cm³/mol. The zero-order chi connectivity index (χ0) is 11.6. The Labute approximate surface area is 88.2 Å². The molecule has 1 aliphatic heterocycles. The first kappa shape index (κ1) is 12.4. The summed E-state index contributed by atoms with van der Waals surface area (Å²) in [6.45, 7) is 0.151. The van der Waals surface area contributed by atoms with E-state index in [9.17, 15) is 13.2 Å². The van der Waals surface area contributed by atoms with Crippen molar-refractivity contribution in [2.24, 2.45) is 5.92 Å². The van der Waals surface area contributed by atoms with Gasteiger partial charge in [0.15, 0.2) is 0 Å². The Morgan fingerprint density at radius 3 is 2.60 bits per heavy atom. The molecule has 88 valence electrons. The van der Waals surface area contributed by atoms with Gasteiger partial charge in [-0.3, -0.25) is 4.79 Å². The van der Waals surface area contributed by atoms with E-state index in [1.165, 1.54) is 14.1 Å². The first-order valence-electron chi connectivity index (χ1n) is 4.37. The zero-order valence-corrected chi connectivity index (χ0v) is 9.32. The van der Waals surface area contributed by atoms with E-state index >= 15 is 0 Å². The van der Waals surface area contributed by atoms with E-state index in [0.717, 1.165) is 4.31 Å². The molecule has 0 aromatic heterocycles. The number of likely N-dealkylation sites (N-methyl/N-ethyl adjacent to an activating group) is 1. The number of hydrogen-bond donors (Lipinski definition) is 2. The van der Waals surface area contributed by atoms with Crippen LogP contribution in [0.15, 0.2) is 0 Å². The van der Waals surface area contributed by atoms with Crippen molar-refractivity contribution in [3.63, 3.8) is 0 Å². The molecule has 1 rings (SSSR count). The highest BCUT2D eigenvalue weighted by atomic mass is 32.2. The quantitative estimate of drug-likeness (QED) is 0.620. The molecule has 15 heavy (non-hydrogen) atoms. The van der Waals surface area contributed by atoms with E-state index in [2.05, 4.69) is 4.72 Å². The fourth-order valence-corrected chi connectivity index (χ4v) is 2.31. The smallest absolute Gasteiger partial charge is 0.310 e. The maximum atomic E-state index is 11.4. The number of carbonyl (C=O) groups is 1. The lowest BCUT2D eigenvalue weighted by atomic mass is 10.1. The van der Waals surface area contributed by atoms with Crippen LogP contribution in [0.1, 0.15) is 0 Å². The van der Waals surface area contributed by atoms with E-state index < -0.39 is 28.1 Å². The second-order valence-electron chi connectivity index (χ2n) is 3.27. The molecule has 2 atom stereocenters. The van der Waals surface area contributed by atoms with Gasteiger partial charge in [0.1, 0.15) is 0 Å². The van der Waals surface area contributed by atoms with Crippen molar-refractivity contribution in [2.45, 2.75) is 6.04 Å². The molecule has 0 spiro atoms. The summed E-state index contributed by atoms with van der Waals surface area (Å²) in [6, 6.07) is -0.653. The molecule has 0 amide bonds. The van der Waals surface area contributed by atoms with Gasteiger partial charge in [-0.15, -0.1) is 0 Å². The summed E-state index contributed by atoms with van der Waals surface area (Å²) in [5.41, 5.74) is 0. The fraction of sp³-hybridized carbons (Fsp3) is 0.857. The molecule has 0 aromatic rings. The molecule has 2 unspecified atom stereocenters. The molecule has 1 aliphatic rings. The van der Waals surface area contributed by atoms with Crippen LogP contribution in [-0.4, -0.2) is 57.1 Å². The monoisotopic (exact) mass is 238 g/mol. The molecule has 7 nitrogen and oxygen atoms in total. The lowest BCUT2D eigenvalue weighted by Gasteiger charge is -2.24. The highest BCUT2D eigenvalue weighted by Gasteiger charge is 2.40. The SMILES string of the molecule is CNS(=O)(=O)N(C)C1COCC1C(=O)O. The second-order valence-corrected chi connectivity index (χ2v) is 5.21. The highest BCUT2D eigenvalue weighted by Crippen LogP contribution is 2.20. The van der Waals surface area contributed by atoms with Gasteiger partial charge in [0, 0.05) is 14.1 Å². The van der Waals surface area contributed by atoms with Crippen LogP contribution in [0.5, 0.6) is 0 Å². The molecule has 1 fully saturated rings. The van der Waals surface area contributed by atoms with Crippen molar-refractivity contribution in [1.29, 1.82) is 0 Å². The largest absolute Gasteiger partial charge is 0.481 e. The normalized spacial score (nSPS) is 27.1. The Morgan fingerprint density at radius 1 is 1.53 bits per heavy atom. The van der Waals surface area contributed by atoms with Crippen LogP contribution in [0.4, 0.5) is 0 Å². The minimum absolute atomic E-state index is 0.0452. The van der Waals surface area contributed by atoms with Crippen molar-refractivity contribution in [3.05, 3.63) is 0 Å². The first-order valence-corrected chi connectivity index (χ1v) is 5.81. The average molecular weight is 238 g/mol. The van der Waals surface area contributed by atoms with Gasteiger partial charge in [0.2, 0.25) is 0 Å². The van der Waals surface area contributed by atoms with Crippen LogP contribution in [0, 0.1) is 5.92 Å². The van der Waals surface area contributed by atoms with Crippen LogP contribution in [-0.2, 0) is 19.7 Å². The summed E-state index contributed by atoms with van der Waals surface area (Å²) >= 11 is 0. The first-order chi connectivity index (χ1) is 6.90. The highest BCUT2D eigenvalue weighted by molar-refractivity contribution is 7.87. The maximum Gasteiger partial charge on any atom is 0.310 e. The van der Waals surface area contributed by atoms with E-state index in [1.807, 2.05) is 0 Å². The van der Waals surface area contributed by atoms with Crippen LogP contribution in [0.2, 0.25) is 0 Å². The van der Waals surface area contributed by atoms with Crippen molar-refractivity contribution in [1.82, 2.24) is 9.03 Å². The Kier molecular flexibility index (Phi) is 3.66. The van der Waals surface area contributed by atoms with E-state index in [-0.39, 0.29) is 13.2 Å². The minimum Gasteiger partial charge on any atom is -0.481 e. The predicted octanol–water partition coefficient (Wildman–Crippen LogP) is -1.52. The molecule has 8 heteroatoms. The molecule has 0 aliphatic carbocycles. The number of rotatable bonds is 4. The third-order valence-electron chi connectivity index (χ3n) is 2.47. The molecular formula is C7H14N2O5S. The minimum atomic E-state index is -3.61. The zero-order valence-electron chi connectivity index (χ0n) is 8.50. The van der Waals surface area contributed by atoms with Gasteiger partial charge < -0.3 is 9.84 Å². The van der Waals surface area contributed by atoms with Crippen LogP contribution in [0.3, 0.4) is 0 Å². The topological polar surface area (TPSA) is 95.9 Å². The number of nitrogens with one attached hydrogen (secondary N) is 1. The third kappa shape index (κ3) is 2.46. The summed E-state index contributed by atoms with van der Waals surface area (Å²) in [7, 11) is -0.998. The average Bonchev–Trinajstić information content (AvgIpc) is 2.64. The molecule has 0 radical (unpaired) electrons. The van der Waals surface area contributed by atoms with Gasteiger partial charge in [-0.2, -0.15) is 12.7 Å². The lowest BCUT2D eigenvalue weighted by Crippen LogP contribution is -2.47. The Hall–Kier alpha value is -0.700. The number of ether oxygens (including phenoxy) is 1. The van der Waals surface area contributed by atoms with Crippen molar-refractivity contribution < 1.29 is 23.1 Å². The van der Waals surface area contributed by atoms with Gasteiger partial charge >= 0.3 is 5.97 Å². The molecule has 0 bridgehead atoms. The summed E-state index contributed by atoms with van der Waals surface area (Å²) in [5.74, 6) is -1.85. The Morgan fingerprint density at radius 2 is 2.13 bits per heavy atom. The van der Waals surface area contributed by atoms with Gasteiger partial charge in [-0.25, -0.2) is 4.72 Å². The van der Waals surface area contributed by atoms with E-state index in [0.29, 0.717) is 0 Å². The van der Waals surface area contributed by atoms with Crippen molar-refractivity contribution in [3.8, 4) is 0 Å². The van der Waals surface area contributed by atoms with Crippen molar-refractivity contribution in [2.75, 3.05) is 27.3 Å². The number of carboxylic acid groups (broad SMARTS) is 1. The van der Waals surface area contributed by atoms with Crippen LogP contribution < -0.4 is 4.72 Å². The van der Waals surface area contributed by atoms with Gasteiger partial charge in [0.25, 0.3) is 10.2 Å². The second kappa shape index (κ2) is 4.44. The Balaban J connectivity index is 2.84. The molecular weight excluding hydrogens is 224 g/mol. The summed E-state index contributed by atoms with van der Waals surface area (Å²) in [6.07, 6.45) is 0. The molecule has 1 saturated heterocycles. The number of hydrogen-bond acceptors (Lipinski definition) is 4. The Bertz CT molecular complexity index is 341. The number of aliphatic carboxylic acids is 1. The van der Waals surface area contributed by atoms with Crippen LogP contribution >= 0.6 is 0 Å². The van der Waals surface area contributed by atoms with Crippen LogP contribution in [0.25, 0.3) is 0 Å². The number of nitrogens with zero attached hydrogens (tertiary/aromatic N) is 1. The van der Waals surface area contributed by atoms with Gasteiger partial charge in [-0.05, 0) is 0 Å². The molecule has 2 N–H and O–H groups in total. The maximum absolute atomic E-state index is 11.4. The molecule has 1 heterocycles. The van der Waals surface area contributed by atoms with E-state index in [1.54, 1.807) is 0 Å². The van der Waals surface area contributed by atoms with Gasteiger partial charge in [0.05, 0.1) is 25.2 Å². The fourth-order valence-electron chi connectivity index (χ4n) is 1.46. The summed E-state index contributed by atoms with van der Waals surface area (Å²) < 4.78 is 30.9. The van der Waals surface area contributed by atoms with Crippen molar-refractivity contribution >= 4 is 16.2 Å². The van der Waals surface area contributed by atoms with E-state index in [4.69, 9.17) is 9.84 Å². The summed E-state index contributed by atoms with van der Waals surface area (Å²) in [5, 5.41) is 8.85. The van der Waals surface area contributed by atoms with Gasteiger partial charge in [-0.1, -0.05) is 0 Å². The molecule has 0 saturated carbocycles. The molecule has 0 aromatic carbocycles. The number of carboxylic acids is 1. The standard InChI is InChI=1S/C7H14N2O5S/c1-8-15(12,13)9(2)6-4-14-3-5(6)7(10)11/h5-6,8H,3-4H2,1-2H3,(H,10,11).